The summed E-state index contributed by atoms with van der Waals surface area (Å²) in [6.07, 6.45) is 0. The number of hydrogen-bond donors (Lipinski definition) is 1. The first-order valence-electron chi connectivity index (χ1n) is 9.85. The van der Waals surface area contributed by atoms with E-state index in [1.807, 2.05) is 54.0 Å². The van der Waals surface area contributed by atoms with Crippen LogP contribution in [0.4, 0.5) is 10.1 Å². The molecule has 1 aromatic heterocycles. The molecular weight excluding hydrogens is 415 g/mol. The van der Waals surface area contributed by atoms with E-state index in [-0.39, 0.29) is 24.1 Å². The molecule has 0 aliphatic carbocycles. The van der Waals surface area contributed by atoms with Gasteiger partial charge in [-0.3, -0.25) is 4.79 Å². The first-order chi connectivity index (χ1) is 15.1. The van der Waals surface area contributed by atoms with Gasteiger partial charge in [0.1, 0.15) is 18.2 Å². The van der Waals surface area contributed by atoms with Crippen LogP contribution in [0.5, 0.6) is 5.75 Å². The molecule has 6 nitrogen and oxygen atoms in total. The number of nitrogens with one attached hydrogen (secondary N) is 1. The number of ether oxygens (including phenoxy) is 1. The third-order valence-corrected chi connectivity index (χ3v) is 5.64. The van der Waals surface area contributed by atoms with Crippen LogP contribution in [-0.2, 0) is 17.9 Å². The van der Waals surface area contributed by atoms with Crippen molar-refractivity contribution in [1.82, 2.24) is 14.8 Å². The van der Waals surface area contributed by atoms with E-state index in [0.717, 1.165) is 16.5 Å². The fraction of sp³-hybridized carbons (Fsp3) is 0.174. The van der Waals surface area contributed by atoms with E-state index < -0.39 is 0 Å². The average molecular weight is 437 g/mol. The number of hydrogen-bond acceptors (Lipinski definition) is 5. The molecule has 8 heteroatoms. The lowest BCUT2D eigenvalue weighted by Crippen LogP contribution is -2.15. The van der Waals surface area contributed by atoms with Gasteiger partial charge in [0.05, 0.1) is 5.75 Å². The number of carbonyl (C=O) groups excluding carboxylic acids is 1. The number of fused-ring (bicyclic) bond motifs is 1. The number of halogens is 1. The van der Waals surface area contributed by atoms with Gasteiger partial charge in [-0.05, 0) is 42.6 Å². The number of thioether (sulfide) groups is 1. The van der Waals surface area contributed by atoms with Gasteiger partial charge in [0.2, 0.25) is 5.91 Å². The fourth-order valence-electron chi connectivity index (χ4n) is 3.17. The average Bonchev–Trinajstić information content (AvgIpc) is 3.19. The Morgan fingerprint density at radius 3 is 2.65 bits per heavy atom. The zero-order chi connectivity index (χ0) is 21.6. The Morgan fingerprint density at radius 2 is 1.84 bits per heavy atom. The minimum absolute atomic E-state index is 0.166. The lowest BCUT2D eigenvalue weighted by molar-refractivity contribution is -0.113. The van der Waals surface area contributed by atoms with E-state index in [2.05, 4.69) is 15.5 Å². The molecule has 1 N–H and O–H groups in total. The van der Waals surface area contributed by atoms with Gasteiger partial charge in [-0.1, -0.05) is 48.2 Å². The van der Waals surface area contributed by atoms with Gasteiger partial charge in [-0.2, -0.15) is 0 Å². The third kappa shape index (κ3) is 5.03. The summed E-state index contributed by atoms with van der Waals surface area (Å²) < 4.78 is 20.9. The van der Waals surface area contributed by atoms with Crippen LogP contribution in [0.15, 0.2) is 71.9 Å². The molecule has 1 heterocycles. The second kappa shape index (κ2) is 9.61. The maximum atomic E-state index is 13.0. The molecule has 1 amide bonds. The molecule has 158 valence electrons. The molecule has 0 aliphatic heterocycles. The summed E-state index contributed by atoms with van der Waals surface area (Å²) in [5.41, 5.74) is 0.549. The summed E-state index contributed by atoms with van der Waals surface area (Å²) in [5.74, 6) is 1.10. The molecule has 31 heavy (non-hydrogen) atoms. The lowest BCUT2D eigenvalue weighted by atomic mass is 10.1. The number of amides is 1. The number of nitrogens with zero attached hydrogens (tertiary/aromatic N) is 3. The Balaban J connectivity index is 1.39. The first kappa shape index (κ1) is 20.9. The highest BCUT2D eigenvalue weighted by molar-refractivity contribution is 7.99. The van der Waals surface area contributed by atoms with Crippen LogP contribution in [0, 0.1) is 5.82 Å². The van der Waals surface area contributed by atoms with Crippen molar-refractivity contribution >= 4 is 34.1 Å². The Kier molecular flexibility index (Phi) is 6.47. The van der Waals surface area contributed by atoms with Gasteiger partial charge in [0, 0.05) is 17.6 Å². The molecule has 3 aromatic carbocycles. The molecule has 0 spiro atoms. The molecule has 4 aromatic rings. The normalized spacial score (nSPS) is 10.9. The van der Waals surface area contributed by atoms with Crippen molar-refractivity contribution in [2.75, 3.05) is 11.1 Å². The summed E-state index contributed by atoms with van der Waals surface area (Å²) in [7, 11) is 0. The Labute approximate surface area is 183 Å². The number of benzene rings is 3. The summed E-state index contributed by atoms with van der Waals surface area (Å²) >= 11 is 1.29. The summed E-state index contributed by atoms with van der Waals surface area (Å²) in [6, 6.07) is 19.6. The SMILES string of the molecule is CCn1c(COc2cccc3ccccc23)nnc1SCC(=O)Nc1ccc(F)cc1. The molecule has 0 unspecified atom stereocenters. The van der Waals surface area contributed by atoms with Gasteiger partial charge < -0.3 is 14.6 Å². The molecule has 0 bridgehead atoms. The predicted octanol–water partition coefficient (Wildman–Crippen LogP) is 4.90. The van der Waals surface area contributed by atoms with Crippen LogP contribution in [0.3, 0.4) is 0 Å². The quantitative estimate of drug-likeness (QED) is 0.398. The van der Waals surface area contributed by atoms with E-state index in [1.54, 1.807) is 0 Å². The molecule has 0 aliphatic rings. The Hall–Kier alpha value is -3.39. The van der Waals surface area contributed by atoms with E-state index in [0.29, 0.717) is 23.2 Å². The number of carbonyl (C=O) groups is 1. The monoisotopic (exact) mass is 436 g/mol. The van der Waals surface area contributed by atoms with Gasteiger partial charge in [-0.15, -0.1) is 10.2 Å². The molecule has 0 fully saturated rings. The highest BCUT2D eigenvalue weighted by atomic mass is 32.2. The van der Waals surface area contributed by atoms with Gasteiger partial charge in [0.25, 0.3) is 0 Å². The molecule has 0 saturated heterocycles. The van der Waals surface area contributed by atoms with Crippen molar-refractivity contribution < 1.29 is 13.9 Å². The van der Waals surface area contributed by atoms with Gasteiger partial charge in [0.15, 0.2) is 11.0 Å². The number of aromatic nitrogens is 3. The van der Waals surface area contributed by atoms with Gasteiger partial charge >= 0.3 is 0 Å². The van der Waals surface area contributed by atoms with Crippen LogP contribution < -0.4 is 10.1 Å². The smallest absolute Gasteiger partial charge is 0.234 e. The van der Waals surface area contributed by atoms with E-state index >= 15 is 0 Å². The second-order valence-corrected chi connectivity index (χ2v) is 7.70. The summed E-state index contributed by atoms with van der Waals surface area (Å²) in [4.78, 5) is 12.2. The maximum Gasteiger partial charge on any atom is 0.234 e. The van der Waals surface area contributed by atoms with Gasteiger partial charge in [-0.25, -0.2) is 4.39 Å². The van der Waals surface area contributed by atoms with Crippen LogP contribution >= 0.6 is 11.8 Å². The standard InChI is InChI=1S/C23H21FN4O2S/c1-2-28-21(14-30-20-9-5-7-16-6-3-4-8-19(16)20)26-27-23(28)31-15-22(29)25-18-12-10-17(24)11-13-18/h3-13H,2,14-15H2,1H3,(H,25,29). The van der Waals surface area contributed by atoms with E-state index in [4.69, 9.17) is 4.74 Å². The second-order valence-electron chi connectivity index (χ2n) is 6.75. The number of anilines is 1. The molecule has 4 rings (SSSR count). The largest absolute Gasteiger partial charge is 0.485 e. The van der Waals surface area contributed by atoms with Crippen molar-refractivity contribution in [1.29, 1.82) is 0 Å². The fourth-order valence-corrected chi connectivity index (χ4v) is 4.00. The Bertz CT molecular complexity index is 1190. The summed E-state index contributed by atoms with van der Waals surface area (Å²) in [6.45, 7) is 2.92. The highest BCUT2D eigenvalue weighted by Crippen LogP contribution is 2.26. The Morgan fingerprint density at radius 1 is 1.06 bits per heavy atom. The van der Waals surface area contributed by atoms with Crippen LogP contribution in [0.25, 0.3) is 10.8 Å². The highest BCUT2D eigenvalue weighted by Gasteiger charge is 2.14. The molecule has 0 radical (unpaired) electrons. The lowest BCUT2D eigenvalue weighted by Gasteiger charge is -2.11. The van der Waals surface area contributed by atoms with Crippen molar-refractivity contribution in [2.24, 2.45) is 0 Å². The number of rotatable bonds is 8. The summed E-state index contributed by atoms with van der Waals surface area (Å²) in [5, 5.41) is 14.0. The third-order valence-electron chi connectivity index (χ3n) is 4.68. The zero-order valence-corrected chi connectivity index (χ0v) is 17.7. The van der Waals surface area contributed by atoms with E-state index in [9.17, 15) is 9.18 Å². The van der Waals surface area contributed by atoms with Crippen molar-refractivity contribution in [3.8, 4) is 5.75 Å². The van der Waals surface area contributed by atoms with E-state index in [1.165, 1.54) is 36.0 Å². The first-order valence-corrected chi connectivity index (χ1v) is 10.8. The minimum Gasteiger partial charge on any atom is -0.485 e. The topological polar surface area (TPSA) is 69.0 Å². The predicted molar refractivity (Wildman–Crippen MR) is 120 cm³/mol. The molecule has 0 saturated carbocycles. The van der Waals surface area contributed by atoms with Crippen molar-refractivity contribution in [3.63, 3.8) is 0 Å². The van der Waals surface area contributed by atoms with Crippen LogP contribution in [0.2, 0.25) is 0 Å². The molecule has 0 atom stereocenters. The van der Waals surface area contributed by atoms with Crippen molar-refractivity contribution in [2.45, 2.75) is 25.2 Å². The maximum absolute atomic E-state index is 13.0. The van der Waals surface area contributed by atoms with Crippen LogP contribution in [-0.4, -0.2) is 26.4 Å². The van der Waals surface area contributed by atoms with Crippen LogP contribution in [0.1, 0.15) is 12.7 Å². The zero-order valence-electron chi connectivity index (χ0n) is 16.9. The van der Waals surface area contributed by atoms with Crippen molar-refractivity contribution in [3.05, 3.63) is 78.4 Å². The molecular formula is C23H21FN4O2S. The minimum atomic E-state index is -0.346.